The zero-order valence-corrected chi connectivity index (χ0v) is 14.0. The van der Waals surface area contributed by atoms with Gasteiger partial charge in [0.25, 0.3) is 0 Å². The number of halogens is 1. The van der Waals surface area contributed by atoms with Crippen molar-refractivity contribution in [3.8, 4) is 0 Å². The summed E-state index contributed by atoms with van der Waals surface area (Å²) in [4.78, 5) is 0. The van der Waals surface area contributed by atoms with E-state index in [4.69, 9.17) is 0 Å². The van der Waals surface area contributed by atoms with E-state index in [2.05, 4.69) is 33.0 Å². The molecule has 2 rings (SSSR count). The molecule has 3 atom stereocenters. The van der Waals surface area contributed by atoms with Gasteiger partial charge in [-0.05, 0) is 76.0 Å². The molecule has 21 heavy (non-hydrogen) atoms. The summed E-state index contributed by atoms with van der Waals surface area (Å²) in [5, 5.41) is 3.64. The summed E-state index contributed by atoms with van der Waals surface area (Å²) >= 11 is 0. The Morgan fingerprint density at radius 2 is 1.86 bits per heavy atom. The molecule has 0 radical (unpaired) electrons. The van der Waals surface area contributed by atoms with Gasteiger partial charge in [0.1, 0.15) is 5.82 Å². The van der Waals surface area contributed by atoms with Gasteiger partial charge in [0.15, 0.2) is 0 Å². The third-order valence-corrected chi connectivity index (χ3v) is 4.74. The summed E-state index contributed by atoms with van der Waals surface area (Å²) in [6.45, 7) is 10.0. The summed E-state index contributed by atoms with van der Waals surface area (Å²) < 4.78 is 13.9. The van der Waals surface area contributed by atoms with Crippen LogP contribution in [0.4, 0.5) is 4.39 Å². The van der Waals surface area contributed by atoms with Crippen LogP contribution in [0.1, 0.15) is 52.5 Å². The van der Waals surface area contributed by atoms with E-state index in [0.29, 0.717) is 11.8 Å². The van der Waals surface area contributed by atoms with E-state index < -0.39 is 0 Å². The summed E-state index contributed by atoms with van der Waals surface area (Å²) in [7, 11) is 0. The predicted molar refractivity (Wildman–Crippen MR) is 87.9 cm³/mol. The third-order valence-electron chi connectivity index (χ3n) is 4.74. The number of benzene rings is 1. The third kappa shape index (κ3) is 5.10. The average molecular weight is 291 g/mol. The predicted octanol–water partition coefficient (Wildman–Crippen LogP) is 4.81. The highest BCUT2D eigenvalue weighted by molar-refractivity contribution is 5.18. The van der Waals surface area contributed by atoms with Gasteiger partial charge in [0.05, 0.1) is 0 Å². The van der Waals surface area contributed by atoms with Crippen molar-refractivity contribution in [2.24, 2.45) is 17.8 Å². The lowest BCUT2D eigenvalue weighted by Crippen LogP contribution is -2.42. The van der Waals surface area contributed by atoms with E-state index in [1.54, 1.807) is 12.1 Å². The standard InChI is InChI=1S/C19H30FN/c1-14-9-10-16(13-21-19(2,3)4)17(11-14)12-15-7-5-6-8-18(15)20/h5-8,14,16-17,21H,9-13H2,1-4H3. The van der Waals surface area contributed by atoms with E-state index in [1.165, 1.54) is 19.3 Å². The lowest BCUT2D eigenvalue weighted by atomic mass is 9.72. The summed E-state index contributed by atoms with van der Waals surface area (Å²) in [5.41, 5.74) is 1.04. The van der Waals surface area contributed by atoms with Crippen LogP contribution in [0.2, 0.25) is 0 Å². The van der Waals surface area contributed by atoms with Gasteiger partial charge in [-0.25, -0.2) is 4.39 Å². The SMILES string of the molecule is CC1CCC(CNC(C)(C)C)C(Cc2ccccc2F)C1. The quantitative estimate of drug-likeness (QED) is 0.839. The van der Waals surface area contributed by atoms with Gasteiger partial charge < -0.3 is 5.32 Å². The molecule has 1 nitrogen and oxygen atoms in total. The summed E-state index contributed by atoms with van der Waals surface area (Å²) in [5.74, 6) is 1.99. The van der Waals surface area contributed by atoms with Crippen LogP contribution >= 0.6 is 0 Å². The zero-order valence-electron chi connectivity index (χ0n) is 14.0. The van der Waals surface area contributed by atoms with Crippen molar-refractivity contribution in [1.29, 1.82) is 0 Å². The Morgan fingerprint density at radius 3 is 2.52 bits per heavy atom. The fourth-order valence-corrected chi connectivity index (χ4v) is 3.46. The largest absolute Gasteiger partial charge is 0.312 e. The van der Waals surface area contributed by atoms with Crippen molar-refractivity contribution < 1.29 is 4.39 Å². The fraction of sp³-hybridized carbons (Fsp3) is 0.684. The molecule has 118 valence electrons. The van der Waals surface area contributed by atoms with Crippen molar-refractivity contribution in [3.05, 3.63) is 35.6 Å². The Bertz CT molecular complexity index is 449. The van der Waals surface area contributed by atoms with E-state index in [-0.39, 0.29) is 11.4 Å². The van der Waals surface area contributed by atoms with E-state index in [9.17, 15) is 4.39 Å². The molecule has 0 aromatic heterocycles. The van der Waals surface area contributed by atoms with E-state index in [1.807, 2.05) is 12.1 Å². The number of rotatable bonds is 4. The van der Waals surface area contributed by atoms with Crippen LogP contribution in [-0.4, -0.2) is 12.1 Å². The molecule has 1 aromatic carbocycles. The molecule has 3 unspecified atom stereocenters. The first-order valence-electron chi connectivity index (χ1n) is 8.33. The minimum absolute atomic E-state index is 0.0433. The molecule has 0 spiro atoms. The van der Waals surface area contributed by atoms with Gasteiger partial charge in [-0.2, -0.15) is 0 Å². The highest BCUT2D eigenvalue weighted by atomic mass is 19.1. The van der Waals surface area contributed by atoms with Crippen molar-refractivity contribution in [2.75, 3.05) is 6.54 Å². The lowest BCUT2D eigenvalue weighted by molar-refractivity contribution is 0.173. The van der Waals surface area contributed by atoms with Crippen molar-refractivity contribution in [2.45, 2.75) is 58.9 Å². The second-order valence-electron chi connectivity index (χ2n) is 7.86. The molecule has 0 heterocycles. The number of hydrogen-bond donors (Lipinski definition) is 1. The molecule has 1 fully saturated rings. The van der Waals surface area contributed by atoms with Crippen molar-refractivity contribution >= 4 is 0 Å². The minimum atomic E-state index is -0.0433. The van der Waals surface area contributed by atoms with Gasteiger partial charge in [0, 0.05) is 5.54 Å². The average Bonchev–Trinajstić information content (AvgIpc) is 2.39. The van der Waals surface area contributed by atoms with Crippen LogP contribution < -0.4 is 5.32 Å². The molecule has 1 aromatic rings. The fourth-order valence-electron chi connectivity index (χ4n) is 3.46. The molecule has 0 amide bonds. The maximum atomic E-state index is 13.9. The Hall–Kier alpha value is -0.890. The topological polar surface area (TPSA) is 12.0 Å². The second kappa shape index (κ2) is 6.91. The highest BCUT2D eigenvalue weighted by Gasteiger charge is 2.29. The Balaban J connectivity index is 2.03. The molecule has 1 N–H and O–H groups in total. The van der Waals surface area contributed by atoms with Crippen LogP contribution in [0.25, 0.3) is 0 Å². The molecular weight excluding hydrogens is 261 g/mol. The molecule has 1 aliphatic carbocycles. The molecule has 2 heteroatoms. The number of hydrogen-bond acceptors (Lipinski definition) is 1. The molecule has 0 aliphatic heterocycles. The zero-order chi connectivity index (χ0) is 15.5. The van der Waals surface area contributed by atoms with Gasteiger partial charge >= 0.3 is 0 Å². The van der Waals surface area contributed by atoms with Crippen molar-refractivity contribution in [3.63, 3.8) is 0 Å². The van der Waals surface area contributed by atoms with Gasteiger partial charge in [-0.1, -0.05) is 31.5 Å². The second-order valence-corrected chi connectivity index (χ2v) is 7.86. The first kappa shape index (κ1) is 16.5. The van der Waals surface area contributed by atoms with Crippen LogP contribution in [0.3, 0.4) is 0 Å². The van der Waals surface area contributed by atoms with Gasteiger partial charge in [0.2, 0.25) is 0 Å². The first-order chi connectivity index (χ1) is 9.85. The van der Waals surface area contributed by atoms with Crippen molar-refractivity contribution in [1.82, 2.24) is 5.32 Å². The van der Waals surface area contributed by atoms with Crippen LogP contribution in [0.5, 0.6) is 0 Å². The maximum absolute atomic E-state index is 13.9. The Kier molecular flexibility index (Phi) is 5.43. The molecule has 1 saturated carbocycles. The summed E-state index contributed by atoms with van der Waals surface area (Å²) in [6, 6.07) is 7.26. The molecule has 0 saturated heterocycles. The summed E-state index contributed by atoms with van der Waals surface area (Å²) in [6.07, 6.45) is 4.69. The Labute approximate surface area is 129 Å². The van der Waals surface area contributed by atoms with Gasteiger partial charge in [-0.15, -0.1) is 0 Å². The van der Waals surface area contributed by atoms with E-state index in [0.717, 1.165) is 24.4 Å². The molecule has 0 bridgehead atoms. The highest BCUT2D eigenvalue weighted by Crippen LogP contribution is 2.36. The molecular formula is C19H30FN. The van der Waals surface area contributed by atoms with Crippen LogP contribution in [0, 0.1) is 23.6 Å². The monoisotopic (exact) mass is 291 g/mol. The first-order valence-corrected chi connectivity index (χ1v) is 8.33. The normalized spacial score (nSPS) is 26.8. The van der Waals surface area contributed by atoms with Gasteiger partial charge in [-0.3, -0.25) is 0 Å². The van der Waals surface area contributed by atoms with E-state index >= 15 is 0 Å². The maximum Gasteiger partial charge on any atom is 0.126 e. The minimum Gasteiger partial charge on any atom is -0.312 e. The lowest BCUT2D eigenvalue weighted by Gasteiger charge is -2.37. The Morgan fingerprint density at radius 1 is 1.14 bits per heavy atom. The molecule has 1 aliphatic rings. The number of nitrogens with one attached hydrogen (secondary N) is 1. The van der Waals surface area contributed by atoms with Crippen LogP contribution in [-0.2, 0) is 6.42 Å². The van der Waals surface area contributed by atoms with Crippen LogP contribution in [0.15, 0.2) is 24.3 Å². The smallest absolute Gasteiger partial charge is 0.126 e.